The van der Waals surface area contributed by atoms with Crippen LogP contribution in [0.1, 0.15) is 29.1 Å². The summed E-state index contributed by atoms with van der Waals surface area (Å²) in [5, 5.41) is 4.36. The summed E-state index contributed by atoms with van der Waals surface area (Å²) in [7, 11) is 0. The first kappa shape index (κ1) is 14.9. The zero-order valence-electron chi connectivity index (χ0n) is 12.3. The highest BCUT2D eigenvalue weighted by Gasteiger charge is 2.30. The fourth-order valence-corrected chi connectivity index (χ4v) is 3.81. The first-order valence-electron chi connectivity index (χ1n) is 7.21. The Bertz CT molecular complexity index is 916. The number of hydrogen-bond donors (Lipinski definition) is 0. The maximum absolute atomic E-state index is 12.9. The van der Waals surface area contributed by atoms with Crippen LogP contribution in [0.25, 0.3) is 5.65 Å². The molecule has 4 heterocycles. The van der Waals surface area contributed by atoms with Gasteiger partial charge in [-0.2, -0.15) is 5.10 Å². The van der Waals surface area contributed by atoms with Gasteiger partial charge in [-0.1, -0.05) is 0 Å². The van der Waals surface area contributed by atoms with E-state index in [0.29, 0.717) is 17.9 Å². The molecule has 4 rings (SSSR count). The number of fused-ring (bicyclic) bond motifs is 2. The van der Waals surface area contributed by atoms with Gasteiger partial charge in [0.15, 0.2) is 11.3 Å². The average molecular weight is 439 g/mol. The predicted octanol–water partition coefficient (Wildman–Crippen LogP) is 3.27. The monoisotopic (exact) mass is 437 g/mol. The van der Waals surface area contributed by atoms with Crippen molar-refractivity contribution < 1.29 is 4.79 Å². The Morgan fingerprint density at radius 3 is 2.96 bits per heavy atom. The highest BCUT2D eigenvalue weighted by molar-refractivity contribution is 9.10. The Labute approximate surface area is 149 Å². The molecule has 1 unspecified atom stereocenters. The molecule has 1 aliphatic heterocycles. The molecule has 118 valence electrons. The molecule has 0 saturated heterocycles. The number of carbonyl (C=O) groups is 1. The largest absolute Gasteiger partial charge is 0.336 e. The van der Waals surface area contributed by atoms with Gasteiger partial charge >= 0.3 is 0 Å². The van der Waals surface area contributed by atoms with Gasteiger partial charge < -0.3 is 9.47 Å². The molecular weight excluding hydrogens is 426 g/mol. The molecule has 0 fully saturated rings. The molecule has 0 aromatic carbocycles. The summed E-state index contributed by atoms with van der Waals surface area (Å²) in [4.78, 5) is 19.0. The molecule has 1 amide bonds. The Hall–Kier alpha value is -1.67. The van der Waals surface area contributed by atoms with Crippen molar-refractivity contribution in [3.8, 4) is 0 Å². The van der Waals surface area contributed by atoms with Gasteiger partial charge in [0.2, 0.25) is 0 Å². The quantitative estimate of drug-likeness (QED) is 0.585. The van der Waals surface area contributed by atoms with Crippen LogP contribution < -0.4 is 0 Å². The lowest BCUT2D eigenvalue weighted by atomic mass is 10.1. The van der Waals surface area contributed by atoms with E-state index in [9.17, 15) is 4.79 Å². The van der Waals surface area contributed by atoms with E-state index in [1.807, 2.05) is 17.9 Å². The van der Waals surface area contributed by atoms with Crippen molar-refractivity contribution in [1.82, 2.24) is 24.1 Å². The van der Waals surface area contributed by atoms with Gasteiger partial charge in [0, 0.05) is 37.2 Å². The van der Waals surface area contributed by atoms with Crippen LogP contribution >= 0.6 is 31.9 Å². The van der Waals surface area contributed by atoms with Crippen LogP contribution in [-0.2, 0) is 6.54 Å². The van der Waals surface area contributed by atoms with Gasteiger partial charge in [-0.15, -0.1) is 0 Å². The second-order valence-electron chi connectivity index (χ2n) is 5.51. The van der Waals surface area contributed by atoms with E-state index in [-0.39, 0.29) is 11.9 Å². The predicted molar refractivity (Wildman–Crippen MR) is 92.3 cm³/mol. The SMILES string of the molecule is CC1c2ccc(Br)n2CCN1C(=O)c1cc2ncc(Br)cn2n1. The second kappa shape index (κ2) is 5.45. The highest BCUT2D eigenvalue weighted by Crippen LogP contribution is 2.30. The number of hydrogen-bond acceptors (Lipinski definition) is 3. The van der Waals surface area contributed by atoms with Crippen LogP contribution in [-0.4, -0.2) is 36.5 Å². The molecule has 0 N–H and O–H groups in total. The first-order valence-corrected chi connectivity index (χ1v) is 8.80. The molecule has 0 radical (unpaired) electrons. The molecule has 0 saturated carbocycles. The summed E-state index contributed by atoms with van der Waals surface area (Å²) in [6.45, 7) is 3.47. The summed E-state index contributed by atoms with van der Waals surface area (Å²) in [5.74, 6) is -0.0669. The van der Waals surface area contributed by atoms with E-state index >= 15 is 0 Å². The molecular formula is C15H13Br2N5O. The number of amides is 1. The van der Waals surface area contributed by atoms with Crippen molar-refractivity contribution in [2.45, 2.75) is 19.5 Å². The summed E-state index contributed by atoms with van der Waals surface area (Å²) in [6, 6.07) is 5.81. The lowest BCUT2D eigenvalue weighted by Gasteiger charge is -2.34. The van der Waals surface area contributed by atoms with Crippen LogP contribution in [0.15, 0.2) is 39.7 Å². The van der Waals surface area contributed by atoms with Crippen LogP contribution in [0.3, 0.4) is 0 Å². The number of aromatic nitrogens is 4. The van der Waals surface area contributed by atoms with Gasteiger partial charge in [0.05, 0.1) is 15.1 Å². The Balaban J connectivity index is 1.68. The van der Waals surface area contributed by atoms with Gasteiger partial charge in [-0.25, -0.2) is 9.50 Å². The molecule has 23 heavy (non-hydrogen) atoms. The number of halogens is 2. The minimum Gasteiger partial charge on any atom is -0.336 e. The van der Waals surface area contributed by atoms with Crippen molar-refractivity contribution >= 4 is 43.4 Å². The van der Waals surface area contributed by atoms with E-state index in [2.05, 4.69) is 52.6 Å². The summed E-state index contributed by atoms with van der Waals surface area (Å²) >= 11 is 6.90. The molecule has 6 nitrogen and oxygen atoms in total. The first-order chi connectivity index (χ1) is 11.0. The third-order valence-corrected chi connectivity index (χ3v) is 5.28. The van der Waals surface area contributed by atoms with Crippen molar-refractivity contribution in [3.05, 3.63) is 51.1 Å². The summed E-state index contributed by atoms with van der Waals surface area (Å²) in [5.41, 5.74) is 2.20. The highest BCUT2D eigenvalue weighted by atomic mass is 79.9. The topological polar surface area (TPSA) is 55.4 Å². The van der Waals surface area contributed by atoms with E-state index in [0.717, 1.165) is 21.3 Å². The molecule has 1 aliphatic rings. The van der Waals surface area contributed by atoms with Crippen molar-refractivity contribution in [3.63, 3.8) is 0 Å². The van der Waals surface area contributed by atoms with Crippen LogP contribution in [0.4, 0.5) is 0 Å². The van der Waals surface area contributed by atoms with E-state index in [4.69, 9.17) is 0 Å². The number of rotatable bonds is 1. The fraction of sp³-hybridized carbons (Fsp3) is 0.267. The lowest BCUT2D eigenvalue weighted by molar-refractivity contribution is 0.0636. The third kappa shape index (κ3) is 2.40. The lowest BCUT2D eigenvalue weighted by Crippen LogP contribution is -2.41. The molecule has 8 heteroatoms. The molecule has 0 bridgehead atoms. The number of nitrogens with zero attached hydrogens (tertiary/aromatic N) is 5. The Morgan fingerprint density at radius 1 is 1.30 bits per heavy atom. The standard InChI is InChI=1S/C15H13Br2N5O/c1-9-12-2-3-13(17)21(12)5-4-20(9)15(23)11-6-14-18-7-10(16)8-22(14)19-11/h2-3,6-9H,4-5H2,1H3. The zero-order chi connectivity index (χ0) is 16.1. The summed E-state index contributed by atoms with van der Waals surface area (Å²) < 4.78 is 5.68. The normalized spacial score (nSPS) is 17.5. The smallest absolute Gasteiger partial charge is 0.275 e. The minimum absolute atomic E-state index is 0.00653. The Kier molecular flexibility index (Phi) is 3.53. The zero-order valence-corrected chi connectivity index (χ0v) is 15.5. The van der Waals surface area contributed by atoms with Crippen LogP contribution in [0, 0.1) is 0 Å². The van der Waals surface area contributed by atoms with E-state index in [1.165, 1.54) is 0 Å². The number of carbonyl (C=O) groups excluding carboxylic acids is 1. The second-order valence-corrected chi connectivity index (χ2v) is 7.24. The molecule has 1 atom stereocenters. The minimum atomic E-state index is -0.0669. The van der Waals surface area contributed by atoms with E-state index < -0.39 is 0 Å². The van der Waals surface area contributed by atoms with Gasteiger partial charge in [-0.3, -0.25) is 4.79 Å². The van der Waals surface area contributed by atoms with Gasteiger partial charge in [-0.05, 0) is 50.9 Å². The van der Waals surface area contributed by atoms with Crippen molar-refractivity contribution in [2.24, 2.45) is 0 Å². The average Bonchev–Trinajstić information content (AvgIpc) is 3.11. The maximum atomic E-state index is 12.9. The fourth-order valence-electron chi connectivity index (χ4n) is 3.00. The van der Waals surface area contributed by atoms with Gasteiger partial charge in [0.1, 0.15) is 0 Å². The molecule has 0 aliphatic carbocycles. The van der Waals surface area contributed by atoms with Crippen LogP contribution in [0.2, 0.25) is 0 Å². The van der Waals surface area contributed by atoms with Crippen LogP contribution in [0.5, 0.6) is 0 Å². The molecule has 3 aromatic heterocycles. The third-order valence-electron chi connectivity index (χ3n) is 4.18. The van der Waals surface area contributed by atoms with Crippen molar-refractivity contribution in [2.75, 3.05) is 6.54 Å². The maximum Gasteiger partial charge on any atom is 0.275 e. The Morgan fingerprint density at radius 2 is 2.13 bits per heavy atom. The summed E-state index contributed by atoms with van der Waals surface area (Å²) in [6.07, 6.45) is 3.49. The van der Waals surface area contributed by atoms with Crippen molar-refractivity contribution in [1.29, 1.82) is 0 Å². The molecule has 0 spiro atoms. The van der Waals surface area contributed by atoms with E-state index in [1.54, 1.807) is 23.0 Å². The van der Waals surface area contributed by atoms with Gasteiger partial charge in [0.25, 0.3) is 5.91 Å². The molecule has 3 aromatic rings.